The SMILES string of the molecule is Cc1cc(C)c(S(=O)(=O)N[C@H](C)Cn2nc(C)cc2C)c(C)c1. The van der Waals surface area contributed by atoms with E-state index in [0.717, 1.165) is 28.1 Å². The highest BCUT2D eigenvalue weighted by Gasteiger charge is 2.22. The number of nitrogens with zero attached hydrogens (tertiary/aromatic N) is 2. The van der Waals surface area contributed by atoms with Crippen LogP contribution in [0.2, 0.25) is 0 Å². The predicted molar refractivity (Wildman–Crippen MR) is 92.1 cm³/mol. The molecule has 0 saturated carbocycles. The fraction of sp³-hybridized carbons (Fsp3) is 0.471. The van der Waals surface area contributed by atoms with E-state index < -0.39 is 10.0 Å². The highest BCUT2D eigenvalue weighted by molar-refractivity contribution is 7.89. The number of aromatic nitrogens is 2. The van der Waals surface area contributed by atoms with Gasteiger partial charge in [0.2, 0.25) is 10.0 Å². The first-order valence-electron chi connectivity index (χ1n) is 7.71. The topological polar surface area (TPSA) is 64.0 Å². The van der Waals surface area contributed by atoms with Crippen molar-refractivity contribution in [3.63, 3.8) is 0 Å². The highest BCUT2D eigenvalue weighted by Crippen LogP contribution is 2.22. The summed E-state index contributed by atoms with van der Waals surface area (Å²) in [5.74, 6) is 0. The monoisotopic (exact) mass is 335 g/mol. The lowest BCUT2D eigenvalue weighted by molar-refractivity contribution is 0.485. The van der Waals surface area contributed by atoms with Gasteiger partial charge in [-0.1, -0.05) is 17.7 Å². The number of hydrogen-bond acceptors (Lipinski definition) is 3. The Kier molecular flexibility index (Phi) is 4.96. The zero-order valence-corrected chi connectivity index (χ0v) is 15.5. The van der Waals surface area contributed by atoms with Crippen LogP contribution in [0.3, 0.4) is 0 Å². The lowest BCUT2D eigenvalue weighted by atomic mass is 10.1. The Labute approximate surface area is 138 Å². The molecule has 5 nitrogen and oxygen atoms in total. The molecule has 0 aliphatic rings. The number of rotatable bonds is 5. The van der Waals surface area contributed by atoms with E-state index >= 15 is 0 Å². The van der Waals surface area contributed by atoms with Gasteiger partial charge in [0.25, 0.3) is 0 Å². The number of hydrogen-bond donors (Lipinski definition) is 1. The van der Waals surface area contributed by atoms with Gasteiger partial charge in [-0.25, -0.2) is 13.1 Å². The molecule has 0 radical (unpaired) electrons. The Morgan fingerprint density at radius 3 is 2.13 bits per heavy atom. The van der Waals surface area contributed by atoms with Gasteiger partial charge >= 0.3 is 0 Å². The summed E-state index contributed by atoms with van der Waals surface area (Å²) in [6.45, 7) is 11.9. The van der Waals surface area contributed by atoms with Crippen molar-refractivity contribution in [3.05, 3.63) is 46.3 Å². The molecule has 0 saturated heterocycles. The summed E-state index contributed by atoms with van der Waals surface area (Å²) in [6, 6.07) is 5.52. The van der Waals surface area contributed by atoms with Crippen LogP contribution in [0.5, 0.6) is 0 Å². The smallest absolute Gasteiger partial charge is 0.241 e. The van der Waals surface area contributed by atoms with Gasteiger partial charge in [0, 0.05) is 11.7 Å². The molecule has 0 fully saturated rings. The van der Waals surface area contributed by atoms with Gasteiger partial charge < -0.3 is 0 Å². The predicted octanol–water partition coefficient (Wildman–Crippen LogP) is 2.79. The van der Waals surface area contributed by atoms with E-state index in [1.807, 2.05) is 64.4 Å². The Morgan fingerprint density at radius 2 is 1.65 bits per heavy atom. The van der Waals surface area contributed by atoms with Crippen molar-refractivity contribution in [2.24, 2.45) is 0 Å². The number of sulfonamides is 1. The molecule has 1 aromatic carbocycles. The molecule has 0 bridgehead atoms. The Morgan fingerprint density at radius 1 is 1.09 bits per heavy atom. The summed E-state index contributed by atoms with van der Waals surface area (Å²) in [5.41, 5.74) is 4.57. The van der Waals surface area contributed by atoms with Crippen molar-refractivity contribution in [2.75, 3.05) is 0 Å². The second-order valence-corrected chi connectivity index (χ2v) is 8.01. The quantitative estimate of drug-likeness (QED) is 0.914. The average molecular weight is 335 g/mol. The standard InChI is InChI=1S/C17H25N3O2S/c1-11-7-12(2)17(13(3)8-11)23(21,22)19-15(5)10-20-16(6)9-14(4)18-20/h7-9,15,19H,10H2,1-6H3/t15-/m1/s1. The molecule has 2 aromatic rings. The first kappa shape index (κ1) is 17.7. The maximum atomic E-state index is 12.7. The molecule has 0 spiro atoms. The molecule has 126 valence electrons. The largest absolute Gasteiger partial charge is 0.268 e. The van der Waals surface area contributed by atoms with Crippen molar-refractivity contribution in [1.29, 1.82) is 0 Å². The van der Waals surface area contributed by atoms with E-state index in [-0.39, 0.29) is 6.04 Å². The van der Waals surface area contributed by atoms with Crippen molar-refractivity contribution < 1.29 is 8.42 Å². The summed E-state index contributed by atoms with van der Waals surface area (Å²) >= 11 is 0. The Hall–Kier alpha value is -1.66. The van der Waals surface area contributed by atoms with Crippen LogP contribution in [0.4, 0.5) is 0 Å². The maximum absolute atomic E-state index is 12.7. The lowest BCUT2D eigenvalue weighted by Gasteiger charge is -2.18. The molecule has 1 N–H and O–H groups in total. The fourth-order valence-electron chi connectivity index (χ4n) is 3.07. The third-order valence-electron chi connectivity index (χ3n) is 3.78. The van der Waals surface area contributed by atoms with Crippen LogP contribution in [-0.4, -0.2) is 24.2 Å². The number of benzene rings is 1. The van der Waals surface area contributed by atoms with Gasteiger partial charge in [0.05, 0.1) is 17.1 Å². The van der Waals surface area contributed by atoms with Crippen LogP contribution in [0.25, 0.3) is 0 Å². The van der Waals surface area contributed by atoms with E-state index in [4.69, 9.17) is 0 Å². The minimum Gasteiger partial charge on any atom is -0.268 e. The molecule has 2 rings (SSSR count). The molecule has 0 aliphatic heterocycles. The molecule has 23 heavy (non-hydrogen) atoms. The third kappa shape index (κ3) is 4.00. The van der Waals surface area contributed by atoms with E-state index in [1.54, 1.807) is 0 Å². The molecular weight excluding hydrogens is 310 g/mol. The molecule has 6 heteroatoms. The number of nitrogens with one attached hydrogen (secondary N) is 1. The van der Waals surface area contributed by atoms with Crippen molar-refractivity contribution in [2.45, 2.75) is 59.0 Å². The zero-order chi connectivity index (χ0) is 17.4. The summed E-state index contributed by atoms with van der Waals surface area (Å²) in [6.07, 6.45) is 0. The molecule has 0 amide bonds. The fourth-order valence-corrected chi connectivity index (χ4v) is 4.76. The van der Waals surface area contributed by atoms with Crippen LogP contribution < -0.4 is 4.72 Å². The van der Waals surface area contributed by atoms with Crippen LogP contribution in [0.1, 0.15) is 35.0 Å². The van der Waals surface area contributed by atoms with Crippen molar-refractivity contribution >= 4 is 10.0 Å². The van der Waals surface area contributed by atoms with Crippen LogP contribution in [-0.2, 0) is 16.6 Å². The normalized spacial score (nSPS) is 13.3. The van der Waals surface area contributed by atoms with Gasteiger partial charge in [0.1, 0.15) is 0 Å². The third-order valence-corrected chi connectivity index (χ3v) is 5.67. The summed E-state index contributed by atoms with van der Waals surface area (Å²) < 4.78 is 30.1. The van der Waals surface area contributed by atoms with Crippen LogP contribution in [0.15, 0.2) is 23.1 Å². The van der Waals surface area contributed by atoms with E-state index in [2.05, 4.69) is 9.82 Å². The van der Waals surface area contributed by atoms with Crippen molar-refractivity contribution in [3.8, 4) is 0 Å². The van der Waals surface area contributed by atoms with Gasteiger partial charge in [-0.3, -0.25) is 4.68 Å². The molecular formula is C17H25N3O2S. The second-order valence-electron chi connectivity index (χ2n) is 6.36. The first-order valence-corrected chi connectivity index (χ1v) is 9.19. The Bertz CT molecular complexity index is 799. The van der Waals surface area contributed by atoms with E-state index in [9.17, 15) is 8.42 Å². The molecule has 0 aliphatic carbocycles. The van der Waals surface area contributed by atoms with Crippen molar-refractivity contribution in [1.82, 2.24) is 14.5 Å². The minimum absolute atomic E-state index is 0.252. The highest BCUT2D eigenvalue weighted by atomic mass is 32.2. The van der Waals surface area contributed by atoms with Crippen LogP contribution in [0, 0.1) is 34.6 Å². The second kappa shape index (κ2) is 6.45. The number of aryl methyl sites for hydroxylation is 5. The molecule has 1 aromatic heterocycles. The van der Waals surface area contributed by atoms with Crippen LogP contribution >= 0.6 is 0 Å². The summed E-state index contributed by atoms with van der Waals surface area (Å²) in [7, 11) is -3.55. The molecule has 0 unspecified atom stereocenters. The summed E-state index contributed by atoms with van der Waals surface area (Å²) in [5, 5.41) is 4.38. The minimum atomic E-state index is -3.55. The molecule has 1 heterocycles. The summed E-state index contributed by atoms with van der Waals surface area (Å²) in [4.78, 5) is 0.378. The maximum Gasteiger partial charge on any atom is 0.241 e. The van der Waals surface area contributed by atoms with E-state index in [1.165, 1.54) is 0 Å². The Balaban J connectivity index is 2.23. The van der Waals surface area contributed by atoms with Gasteiger partial charge in [-0.2, -0.15) is 5.10 Å². The molecule has 1 atom stereocenters. The van der Waals surface area contributed by atoms with E-state index in [0.29, 0.717) is 11.4 Å². The first-order chi connectivity index (χ1) is 10.6. The zero-order valence-electron chi connectivity index (χ0n) is 14.6. The lowest BCUT2D eigenvalue weighted by Crippen LogP contribution is -2.36. The van der Waals surface area contributed by atoms with Gasteiger partial charge in [0.15, 0.2) is 0 Å². The van der Waals surface area contributed by atoms with Gasteiger partial charge in [-0.05, 0) is 58.7 Å². The average Bonchev–Trinajstić information content (AvgIpc) is 2.64. The van der Waals surface area contributed by atoms with Gasteiger partial charge in [-0.15, -0.1) is 0 Å².